The molecule has 1 N–H and O–H groups in total. The molecule has 0 heterocycles. The van der Waals surface area contributed by atoms with Gasteiger partial charge in [-0.15, -0.1) is 0 Å². The summed E-state index contributed by atoms with van der Waals surface area (Å²) < 4.78 is 1.14. The van der Waals surface area contributed by atoms with Gasteiger partial charge in [0.25, 0.3) is 0 Å². The van der Waals surface area contributed by atoms with Crippen LogP contribution in [-0.2, 0) is 0 Å². The highest BCUT2D eigenvalue weighted by Gasteiger charge is 2.14. The van der Waals surface area contributed by atoms with Crippen LogP contribution in [0, 0.1) is 5.41 Å². The van der Waals surface area contributed by atoms with Gasteiger partial charge in [-0.05, 0) is 29.5 Å². The van der Waals surface area contributed by atoms with Crippen LogP contribution in [0.15, 0.2) is 28.7 Å². The summed E-state index contributed by atoms with van der Waals surface area (Å²) in [5, 5.41) is 3.63. The second kappa shape index (κ2) is 5.83. The van der Waals surface area contributed by atoms with E-state index in [0.29, 0.717) is 11.5 Å². The highest BCUT2D eigenvalue weighted by Crippen LogP contribution is 2.21. The normalized spacial score (nSPS) is 13.8. The average Bonchev–Trinajstić information content (AvgIpc) is 2.20. The molecular formula is C14H22BrN. The highest BCUT2D eigenvalue weighted by molar-refractivity contribution is 9.10. The molecule has 0 radical (unpaired) electrons. The number of hydrogen-bond donors (Lipinski definition) is 1. The molecule has 0 aliphatic carbocycles. The van der Waals surface area contributed by atoms with E-state index in [4.69, 9.17) is 0 Å². The Hall–Kier alpha value is -0.340. The maximum Gasteiger partial charge on any atom is 0.0317 e. The molecule has 0 fully saturated rings. The minimum Gasteiger partial charge on any atom is -0.309 e. The molecule has 0 spiro atoms. The van der Waals surface area contributed by atoms with E-state index in [1.54, 1.807) is 0 Å². The van der Waals surface area contributed by atoms with Gasteiger partial charge in [0, 0.05) is 17.1 Å². The topological polar surface area (TPSA) is 12.0 Å². The number of rotatable bonds is 4. The lowest BCUT2D eigenvalue weighted by Gasteiger charge is -2.24. The van der Waals surface area contributed by atoms with Crippen LogP contribution in [-0.4, -0.2) is 6.54 Å². The molecule has 1 unspecified atom stereocenters. The maximum absolute atomic E-state index is 3.63. The molecule has 0 aliphatic rings. The second-order valence-corrected chi connectivity index (χ2v) is 6.37. The lowest BCUT2D eigenvalue weighted by Crippen LogP contribution is -2.30. The maximum atomic E-state index is 3.63. The largest absolute Gasteiger partial charge is 0.309 e. The Balaban J connectivity index is 2.64. The molecule has 16 heavy (non-hydrogen) atoms. The van der Waals surface area contributed by atoms with E-state index >= 15 is 0 Å². The lowest BCUT2D eigenvalue weighted by molar-refractivity contribution is 0.349. The third-order valence-corrected chi connectivity index (χ3v) is 3.09. The van der Waals surface area contributed by atoms with Gasteiger partial charge in [0.2, 0.25) is 0 Å². The SMILES string of the molecule is CCC(NCC(C)(C)C)c1ccc(Br)cc1. The van der Waals surface area contributed by atoms with Crippen molar-refractivity contribution < 1.29 is 0 Å². The van der Waals surface area contributed by atoms with Crippen molar-refractivity contribution in [1.82, 2.24) is 5.32 Å². The third kappa shape index (κ3) is 4.67. The summed E-state index contributed by atoms with van der Waals surface area (Å²) in [4.78, 5) is 0. The number of benzene rings is 1. The molecule has 1 atom stereocenters. The Morgan fingerprint density at radius 2 is 1.75 bits per heavy atom. The van der Waals surface area contributed by atoms with Gasteiger partial charge >= 0.3 is 0 Å². The van der Waals surface area contributed by atoms with Crippen LogP contribution < -0.4 is 5.32 Å². The third-order valence-electron chi connectivity index (χ3n) is 2.56. The summed E-state index contributed by atoms with van der Waals surface area (Å²) in [6.07, 6.45) is 1.12. The van der Waals surface area contributed by atoms with E-state index in [-0.39, 0.29) is 0 Å². The number of hydrogen-bond acceptors (Lipinski definition) is 1. The first kappa shape index (κ1) is 13.7. The van der Waals surface area contributed by atoms with Crippen LogP contribution in [0.5, 0.6) is 0 Å². The van der Waals surface area contributed by atoms with Crippen molar-refractivity contribution in [3.63, 3.8) is 0 Å². The van der Waals surface area contributed by atoms with E-state index in [2.05, 4.69) is 73.2 Å². The number of nitrogens with one attached hydrogen (secondary N) is 1. The van der Waals surface area contributed by atoms with Gasteiger partial charge in [0.05, 0.1) is 0 Å². The van der Waals surface area contributed by atoms with Gasteiger partial charge in [-0.3, -0.25) is 0 Å². The first-order valence-corrected chi connectivity index (χ1v) is 6.70. The Labute approximate surface area is 108 Å². The summed E-state index contributed by atoms with van der Waals surface area (Å²) >= 11 is 3.47. The highest BCUT2D eigenvalue weighted by atomic mass is 79.9. The molecule has 0 saturated carbocycles. The fourth-order valence-corrected chi connectivity index (χ4v) is 1.89. The van der Waals surface area contributed by atoms with E-state index in [0.717, 1.165) is 17.4 Å². The molecular weight excluding hydrogens is 262 g/mol. The summed E-state index contributed by atoms with van der Waals surface area (Å²) in [5.41, 5.74) is 1.71. The second-order valence-electron chi connectivity index (χ2n) is 5.45. The fraction of sp³-hybridized carbons (Fsp3) is 0.571. The molecule has 0 saturated heterocycles. The fourth-order valence-electron chi connectivity index (χ4n) is 1.62. The Bertz CT molecular complexity index is 311. The van der Waals surface area contributed by atoms with Crippen LogP contribution in [0.4, 0.5) is 0 Å². The smallest absolute Gasteiger partial charge is 0.0317 e. The summed E-state index contributed by atoms with van der Waals surface area (Å²) in [5.74, 6) is 0. The van der Waals surface area contributed by atoms with Gasteiger partial charge in [0.1, 0.15) is 0 Å². The summed E-state index contributed by atoms with van der Waals surface area (Å²) in [6, 6.07) is 9.06. The van der Waals surface area contributed by atoms with Crippen molar-refractivity contribution >= 4 is 15.9 Å². The molecule has 0 bridgehead atoms. The summed E-state index contributed by atoms with van der Waals surface area (Å²) in [6.45, 7) is 10.0. The minimum atomic E-state index is 0.336. The van der Waals surface area contributed by atoms with E-state index in [1.165, 1.54) is 5.56 Å². The Morgan fingerprint density at radius 1 is 1.19 bits per heavy atom. The van der Waals surface area contributed by atoms with Crippen molar-refractivity contribution in [1.29, 1.82) is 0 Å². The van der Waals surface area contributed by atoms with Crippen LogP contribution >= 0.6 is 15.9 Å². The predicted molar refractivity (Wildman–Crippen MR) is 74.6 cm³/mol. The molecule has 90 valence electrons. The van der Waals surface area contributed by atoms with E-state index in [9.17, 15) is 0 Å². The standard InChI is InChI=1S/C14H22BrN/c1-5-13(16-10-14(2,3)4)11-6-8-12(15)9-7-11/h6-9,13,16H,5,10H2,1-4H3. The van der Waals surface area contributed by atoms with Crippen molar-refractivity contribution in [2.75, 3.05) is 6.54 Å². The lowest BCUT2D eigenvalue weighted by atomic mass is 9.95. The minimum absolute atomic E-state index is 0.336. The predicted octanol–water partition coefficient (Wildman–Crippen LogP) is 4.54. The van der Waals surface area contributed by atoms with E-state index in [1.807, 2.05) is 0 Å². The Morgan fingerprint density at radius 3 is 2.19 bits per heavy atom. The zero-order valence-corrected chi connectivity index (χ0v) is 12.3. The van der Waals surface area contributed by atoms with Gasteiger partial charge < -0.3 is 5.32 Å². The zero-order valence-electron chi connectivity index (χ0n) is 10.7. The molecule has 2 heteroatoms. The van der Waals surface area contributed by atoms with Crippen LogP contribution in [0.3, 0.4) is 0 Å². The average molecular weight is 284 g/mol. The molecule has 1 aromatic carbocycles. The van der Waals surface area contributed by atoms with Gasteiger partial charge in [-0.1, -0.05) is 55.8 Å². The first-order chi connectivity index (χ1) is 7.42. The summed E-state index contributed by atoms with van der Waals surface area (Å²) in [7, 11) is 0. The van der Waals surface area contributed by atoms with Crippen LogP contribution in [0.1, 0.15) is 45.7 Å². The van der Waals surface area contributed by atoms with Gasteiger partial charge in [0.15, 0.2) is 0 Å². The van der Waals surface area contributed by atoms with Crippen LogP contribution in [0.25, 0.3) is 0 Å². The van der Waals surface area contributed by atoms with Crippen molar-refractivity contribution in [3.8, 4) is 0 Å². The van der Waals surface area contributed by atoms with Gasteiger partial charge in [-0.2, -0.15) is 0 Å². The Kier molecular flexibility index (Phi) is 5.00. The van der Waals surface area contributed by atoms with Crippen molar-refractivity contribution in [3.05, 3.63) is 34.3 Å². The van der Waals surface area contributed by atoms with Gasteiger partial charge in [-0.25, -0.2) is 0 Å². The molecule has 1 nitrogen and oxygen atoms in total. The molecule has 1 aromatic rings. The zero-order chi connectivity index (χ0) is 12.2. The quantitative estimate of drug-likeness (QED) is 0.856. The molecule has 0 amide bonds. The van der Waals surface area contributed by atoms with Crippen molar-refractivity contribution in [2.24, 2.45) is 5.41 Å². The molecule has 0 aliphatic heterocycles. The van der Waals surface area contributed by atoms with Crippen LogP contribution in [0.2, 0.25) is 0 Å². The molecule has 0 aromatic heterocycles. The number of halogens is 1. The molecule has 1 rings (SSSR count). The van der Waals surface area contributed by atoms with Crippen molar-refractivity contribution in [2.45, 2.75) is 40.2 Å². The first-order valence-electron chi connectivity index (χ1n) is 5.91. The monoisotopic (exact) mass is 283 g/mol. The van der Waals surface area contributed by atoms with E-state index < -0.39 is 0 Å².